The van der Waals surface area contributed by atoms with Crippen molar-refractivity contribution < 1.29 is 89.4 Å². The Labute approximate surface area is 767 Å². The van der Waals surface area contributed by atoms with Crippen LogP contribution in [-0.4, -0.2) is 329 Å². The monoisotopic (exact) mass is 1900 g/mol. The van der Waals surface area contributed by atoms with Crippen LogP contribution in [0.15, 0.2) is 119 Å². The van der Waals surface area contributed by atoms with Crippen LogP contribution in [0.1, 0.15) is 110 Å². The van der Waals surface area contributed by atoms with Crippen LogP contribution < -0.4 is 94.6 Å². The summed E-state index contributed by atoms with van der Waals surface area (Å²) in [5.74, 6) is -19.7. The highest BCUT2D eigenvalue weighted by molar-refractivity contribution is 8.77. The SMILES string of the molecule is CC(C)C[C@H](N=C(O)CN=C(O)CN=C(O)[C@H](N)CCN=C(N)N)C(O)=N[C@H]1CSSC[C@@H](C(O)=N[C@H](C(O)=NCC(O)=N[C@@H](CCN=C(N)N)C(N)=O)C(C)C)NC(=O)[C@@H](C(C)C)NC(=O)[C@@H]2CSSC[C@@H](NC(=O)[C@H](Cc3ccc(O)cc3)N=C1O)C(=O)N[C@H](CCCCN=C(N)N)C(=O)NCC(O)=N[C@H](CCCCN=C(N)N)C(=O)N[C@H](Cc1ccccc1)C(=O)N2. The van der Waals surface area contributed by atoms with Gasteiger partial charge in [-0.15, -0.1) is 0 Å². The van der Waals surface area contributed by atoms with E-state index in [0.717, 1.165) is 43.2 Å². The van der Waals surface area contributed by atoms with E-state index in [1.165, 1.54) is 24.3 Å². The van der Waals surface area contributed by atoms with Gasteiger partial charge in [-0.3, -0.25) is 58.3 Å². The first-order chi connectivity index (χ1) is 61.5. The molecule has 8 amide bonds. The number of amides is 8. The normalized spacial score (nSPS) is 22.0. The van der Waals surface area contributed by atoms with Crippen LogP contribution in [-0.2, 0) is 51.2 Å². The lowest BCUT2D eigenvalue weighted by molar-refractivity contribution is -0.134. The van der Waals surface area contributed by atoms with E-state index in [0.29, 0.717) is 17.5 Å². The molecule has 720 valence electrons. The molecule has 52 heteroatoms. The number of hydrogen-bond acceptors (Lipinski definition) is 27. The zero-order chi connectivity index (χ0) is 96.7. The quantitative estimate of drug-likeness (QED) is 0.0152. The molecule has 0 radical (unpaired) electrons. The number of aliphatic hydroxyl groups excluding tert-OH is 9. The molecule has 130 heavy (non-hydrogen) atoms. The van der Waals surface area contributed by atoms with Gasteiger partial charge in [-0.05, 0) is 98.8 Å². The van der Waals surface area contributed by atoms with Gasteiger partial charge in [0.25, 0.3) is 0 Å². The van der Waals surface area contributed by atoms with E-state index in [1.807, 2.05) is 0 Å². The van der Waals surface area contributed by atoms with Crippen molar-refractivity contribution in [3.05, 3.63) is 65.7 Å². The summed E-state index contributed by atoms with van der Waals surface area (Å²) in [4.78, 5) is 172. The molecule has 13 atom stereocenters. The van der Waals surface area contributed by atoms with Gasteiger partial charge >= 0.3 is 0 Å². The summed E-state index contributed by atoms with van der Waals surface area (Å²) in [6.45, 7) is 7.03. The molecule has 0 aliphatic carbocycles. The Bertz CT molecular complexity index is 4450. The number of hydrogen-bond donors (Lipinski definition) is 27. The van der Waals surface area contributed by atoms with Crippen LogP contribution in [0, 0.1) is 17.8 Å². The lowest BCUT2D eigenvalue weighted by Crippen LogP contribution is -2.60. The van der Waals surface area contributed by atoms with Gasteiger partial charge in [0.15, 0.2) is 29.7 Å². The van der Waals surface area contributed by atoms with E-state index >= 15 is 24.0 Å². The van der Waals surface area contributed by atoms with Gasteiger partial charge in [0.1, 0.15) is 97.9 Å². The summed E-state index contributed by atoms with van der Waals surface area (Å²) in [7, 11) is 3.45. The van der Waals surface area contributed by atoms with Gasteiger partial charge in [-0.2, -0.15) is 0 Å². The van der Waals surface area contributed by atoms with Crippen LogP contribution in [0.4, 0.5) is 0 Å². The highest BCUT2D eigenvalue weighted by Gasteiger charge is 2.38. The highest BCUT2D eigenvalue weighted by atomic mass is 33.1. The number of primary amides is 1. The number of carbonyl (C=O) groups is 8. The van der Waals surface area contributed by atoms with Crippen LogP contribution in [0.25, 0.3) is 0 Å². The summed E-state index contributed by atoms with van der Waals surface area (Å²) in [6.07, 6.45) is -0.0863. The molecule has 37 N–H and O–H groups in total. The summed E-state index contributed by atoms with van der Waals surface area (Å²) < 4.78 is 0. The van der Waals surface area contributed by atoms with Crippen molar-refractivity contribution in [2.75, 3.05) is 75.4 Å². The predicted molar refractivity (Wildman–Crippen MR) is 510 cm³/mol. The Balaban J connectivity index is 2.13. The number of unbranched alkanes of at least 4 members (excludes halogenated alkanes) is 2. The van der Waals surface area contributed by atoms with E-state index in [-0.39, 0.29) is 119 Å². The molecule has 0 aromatic heterocycles. The molecule has 0 saturated carbocycles. The Morgan fingerprint density at radius 1 is 0.477 bits per heavy atom. The molecular formula is C78H126N30O18S4. The van der Waals surface area contributed by atoms with Crippen molar-refractivity contribution in [2.24, 2.45) is 140 Å². The average molecular weight is 1900 g/mol. The highest BCUT2D eigenvalue weighted by Crippen LogP contribution is 2.28. The fourth-order valence-electron chi connectivity index (χ4n) is 11.9. The average Bonchev–Trinajstić information content (AvgIpc) is 0.844. The number of nitrogens with one attached hydrogen (secondary N) is 7. The molecule has 2 bridgehead atoms. The third-order valence-electron chi connectivity index (χ3n) is 18.8. The molecule has 0 fully saturated rings. The molecule has 2 aliphatic heterocycles. The van der Waals surface area contributed by atoms with Crippen molar-refractivity contribution in [3.8, 4) is 5.75 Å². The number of phenols is 1. The number of guanidine groups is 4. The Morgan fingerprint density at radius 3 is 1.58 bits per heavy atom. The van der Waals surface area contributed by atoms with Crippen LogP contribution in [0.3, 0.4) is 0 Å². The van der Waals surface area contributed by atoms with E-state index in [4.69, 9.17) is 57.3 Å². The van der Waals surface area contributed by atoms with Gasteiger partial charge in [0.05, 0.1) is 12.6 Å². The number of nitrogens with two attached hydrogens (primary N) is 10. The van der Waals surface area contributed by atoms with Crippen LogP contribution >= 0.6 is 43.2 Å². The fraction of sp³-hybridized carbons (Fsp3) is 0.577. The molecule has 2 aliphatic rings. The lowest BCUT2D eigenvalue weighted by Gasteiger charge is -2.28. The molecule has 0 spiro atoms. The minimum atomic E-state index is -1.80. The number of carbonyl (C=O) groups excluding carboxylic acids is 8. The van der Waals surface area contributed by atoms with Gasteiger partial charge in [0.2, 0.25) is 94.4 Å². The summed E-state index contributed by atoms with van der Waals surface area (Å²) in [5.41, 5.74) is 56.3. The minimum absolute atomic E-state index is 0.0427. The van der Waals surface area contributed by atoms with Crippen LogP contribution in [0.5, 0.6) is 5.75 Å². The van der Waals surface area contributed by atoms with E-state index in [2.05, 4.69) is 102 Å². The third kappa shape index (κ3) is 43.2. The molecular weight excluding hydrogens is 1770 g/mol. The largest absolute Gasteiger partial charge is 0.508 e. The van der Waals surface area contributed by atoms with Crippen molar-refractivity contribution >= 4 is 167 Å². The third-order valence-corrected chi connectivity index (χ3v) is 23.6. The number of aliphatic hydroxyl groups is 9. The second-order valence-corrected chi connectivity index (χ2v) is 35.9. The fourth-order valence-corrected chi connectivity index (χ4v) is 16.5. The number of aliphatic imine (C=N–C) groups is 13. The smallest absolute Gasteiger partial charge is 0.245 e. The molecule has 2 aromatic carbocycles. The van der Waals surface area contributed by atoms with Crippen molar-refractivity contribution in [1.29, 1.82) is 0 Å². The number of nitrogens with zero attached hydrogens (tertiary/aromatic N) is 13. The maximum Gasteiger partial charge on any atom is 0.245 e. The molecule has 2 aromatic rings. The first-order valence-corrected chi connectivity index (χ1v) is 46.4. The summed E-state index contributed by atoms with van der Waals surface area (Å²) in [6, 6.07) is -6.11. The predicted octanol–water partition coefficient (Wildman–Crippen LogP) is -1.80. The Morgan fingerprint density at radius 2 is 0.992 bits per heavy atom. The second-order valence-electron chi connectivity index (χ2n) is 30.8. The number of rotatable bonds is 39. The number of phenolic OH excluding ortho intramolecular Hbond substituents is 1. The van der Waals surface area contributed by atoms with Gasteiger partial charge in [-0.1, -0.05) is 127 Å². The van der Waals surface area contributed by atoms with Crippen molar-refractivity contribution in [3.63, 3.8) is 0 Å². The Hall–Kier alpha value is -12.3. The van der Waals surface area contributed by atoms with E-state index in [1.54, 1.807) is 71.9 Å². The maximum atomic E-state index is 15.5. The lowest BCUT2D eigenvalue weighted by atomic mass is 10.0. The van der Waals surface area contributed by atoms with Crippen molar-refractivity contribution in [2.45, 2.75) is 191 Å². The Kier molecular flexibility index (Phi) is 49.3. The first kappa shape index (κ1) is 110. The van der Waals surface area contributed by atoms with Crippen LogP contribution in [0.2, 0.25) is 0 Å². The van der Waals surface area contributed by atoms with Crippen molar-refractivity contribution in [1.82, 2.24) is 37.2 Å². The summed E-state index contributed by atoms with van der Waals surface area (Å²) in [5, 5.41) is 133. The standard InChI is InChI=1S/C78H126N30O18S4/c1-39(2)28-49(99-57(111)32-93-56(110)31-94-63(115)45(79)22-26-91-77(85)86)66(118)103-53-36-128-130-38-55(72(124)107-60(40(3)4)73(125)96-34-58(112)97-46(62(80)114)23-27-92-78(87)88)106-74(126)61(41(5)6)108-71(123)54-37-129-127-35-52(104-68(120)51(102-70(53)122)30-43-18-20-44(109)21-19-43)69(121)100-47(16-10-12-24-89-75(81)82)64(116)95-33-59(113)98-48(17-11-13-25-90-76(83)84)65(117)101-50(67(119)105-54)29-42-14-8-7-9-15-42/h7-9,14-15,18-21,39-41,45-55,60-61,109H,10-13,16-17,22-38,79H2,1-6H3,(H2,80,114)(H,93,110)(H,94,115)(H,95,116)(H,96,125)(H,97,112)(H,98,113)(H,99,111)(H,100,121)(H,101,117)(H,102,122)(H,103,118)(H,104,120)(H,105,119)(H,106,126)(H,107,124)(H,108,123)(H4,81,82,89)(H4,83,84,90)(H4,85,86,91)(H4,87,88,92)/t45-,46+,47-,48-,49+,50-,51+,52-,53+,54+,55+,60+,61-/m1/s1. The van der Waals surface area contributed by atoms with E-state index in [9.17, 15) is 65.4 Å². The first-order valence-electron chi connectivity index (χ1n) is 41.4. The van der Waals surface area contributed by atoms with Gasteiger partial charge in [0, 0.05) is 62.0 Å². The second kappa shape index (κ2) is 58.3. The number of benzene rings is 2. The molecule has 4 rings (SSSR count). The molecule has 0 unspecified atom stereocenters. The molecule has 0 saturated heterocycles. The zero-order valence-corrected chi connectivity index (χ0v) is 76.4. The topological polar surface area (TPSA) is 844 Å². The number of fused-ring (bicyclic) bond motifs is 5. The summed E-state index contributed by atoms with van der Waals surface area (Å²) >= 11 is 0. The molecule has 2 heterocycles. The van der Waals surface area contributed by atoms with E-state index < -0.39 is 246 Å². The minimum Gasteiger partial charge on any atom is -0.508 e. The van der Waals surface area contributed by atoms with Gasteiger partial charge < -0.3 is 146 Å². The van der Waals surface area contributed by atoms with Gasteiger partial charge in [-0.25, -0.2) is 44.9 Å². The molecule has 48 nitrogen and oxygen atoms in total. The zero-order valence-electron chi connectivity index (χ0n) is 73.2. The maximum absolute atomic E-state index is 15.5. The number of aromatic hydroxyl groups is 1.